The van der Waals surface area contributed by atoms with E-state index in [0.717, 1.165) is 11.1 Å². The summed E-state index contributed by atoms with van der Waals surface area (Å²) in [5.41, 5.74) is 1.59. The highest BCUT2D eigenvalue weighted by atomic mass is 16.6. The van der Waals surface area contributed by atoms with E-state index in [0.29, 0.717) is 30.5 Å². The molecule has 21 heavy (non-hydrogen) atoms. The minimum Gasteiger partial charge on any atom is -0.486 e. The molecule has 110 valence electrons. The molecule has 0 amide bonds. The van der Waals surface area contributed by atoms with Gasteiger partial charge in [0.05, 0.1) is 0 Å². The Morgan fingerprint density at radius 3 is 2.71 bits per heavy atom. The van der Waals surface area contributed by atoms with Gasteiger partial charge in [0.1, 0.15) is 13.2 Å². The molecule has 3 rings (SSSR count). The fourth-order valence-electron chi connectivity index (χ4n) is 2.43. The van der Waals surface area contributed by atoms with E-state index in [1.807, 2.05) is 19.9 Å². The standard InChI is InChI=1S/C15H15NO5/c1-8(2)13-9(12-7-10(15(17)18)16-21-12)3-4-11-14(13)20-6-5-19-11/h3-4,7-8H,5-6H2,1-2H3,(H,17,18). The van der Waals surface area contributed by atoms with Crippen LogP contribution in [0.2, 0.25) is 0 Å². The van der Waals surface area contributed by atoms with E-state index in [4.69, 9.17) is 19.1 Å². The Morgan fingerprint density at radius 1 is 1.29 bits per heavy atom. The van der Waals surface area contributed by atoms with Crippen molar-refractivity contribution in [3.63, 3.8) is 0 Å². The number of benzene rings is 1. The lowest BCUT2D eigenvalue weighted by Gasteiger charge is -2.24. The molecule has 2 heterocycles. The number of fused-ring (bicyclic) bond motifs is 1. The number of rotatable bonds is 3. The summed E-state index contributed by atoms with van der Waals surface area (Å²) in [7, 11) is 0. The van der Waals surface area contributed by atoms with Crippen LogP contribution in [-0.2, 0) is 0 Å². The molecule has 0 radical (unpaired) electrons. The van der Waals surface area contributed by atoms with Crippen LogP contribution in [0.1, 0.15) is 35.8 Å². The van der Waals surface area contributed by atoms with E-state index in [1.54, 1.807) is 6.07 Å². The first kappa shape index (κ1) is 13.5. The quantitative estimate of drug-likeness (QED) is 0.935. The van der Waals surface area contributed by atoms with Gasteiger partial charge < -0.3 is 19.1 Å². The Labute approximate surface area is 121 Å². The second kappa shape index (κ2) is 5.12. The van der Waals surface area contributed by atoms with Gasteiger partial charge in [0, 0.05) is 17.2 Å². The van der Waals surface area contributed by atoms with E-state index in [1.165, 1.54) is 6.07 Å². The number of carboxylic acid groups (broad SMARTS) is 1. The number of aromatic carboxylic acids is 1. The number of hydrogen-bond donors (Lipinski definition) is 1. The van der Waals surface area contributed by atoms with Crippen LogP contribution in [0.5, 0.6) is 11.5 Å². The van der Waals surface area contributed by atoms with Crippen LogP contribution in [0.15, 0.2) is 22.7 Å². The highest BCUT2D eigenvalue weighted by Gasteiger charge is 2.24. The van der Waals surface area contributed by atoms with Crippen LogP contribution >= 0.6 is 0 Å². The van der Waals surface area contributed by atoms with Crippen molar-refractivity contribution in [3.8, 4) is 22.8 Å². The molecule has 1 aromatic carbocycles. The smallest absolute Gasteiger partial charge is 0.358 e. The molecule has 1 aliphatic rings. The van der Waals surface area contributed by atoms with Gasteiger partial charge in [-0.15, -0.1) is 0 Å². The van der Waals surface area contributed by atoms with Gasteiger partial charge in [-0.3, -0.25) is 0 Å². The molecule has 0 spiro atoms. The van der Waals surface area contributed by atoms with Crippen LogP contribution in [-0.4, -0.2) is 29.4 Å². The minimum atomic E-state index is -1.12. The molecular weight excluding hydrogens is 274 g/mol. The summed E-state index contributed by atoms with van der Waals surface area (Å²) < 4.78 is 16.5. The number of nitrogens with zero attached hydrogens (tertiary/aromatic N) is 1. The SMILES string of the molecule is CC(C)c1c(-c2cc(C(=O)O)no2)ccc2c1OCCO2. The first-order valence-corrected chi connectivity index (χ1v) is 6.71. The maximum Gasteiger partial charge on any atom is 0.358 e. The second-order valence-electron chi connectivity index (χ2n) is 5.09. The fourth-order valence-corrected chi connectivity index (χ4v) is 2.43. The highest BCUT2D eigenvalue weighted by molar-refractivity contribution is 5.86. The van der Waals surface area contributed by atoms with Crippen molar-refractivity contribution in [1.29, 1.82) is 0 Å². The number of ether oxygens (including phenoxy) is 2. The van der Waals surface area contributed by atoms with Gasteiger partial charge in [-0.25, -0.2) is 4.79 Å². The third-order valence-corrected chi connectivity index (χ3v) is 3.32. The molecule has 1 N–H and O–H groups in total. The molecule has 0 bridgehead atoms. The second-order valence-corrected chi connectivity index (χ2v) is 5.09. The van der Waals surface area contributed by atoms with Crippen LogP contribution in [0, 0.1) is 0 Å². The Kier molecular flexibility index (Phi) is 3.29. The summed E-state index contributed by atoms with van der Waals surface area (Å²) in [5, 5.41) is 12.5. The Hall–Kier alpha value is -2.50. The average molecular weight is 289 g/mol. The molecule has 1 aromatic heterocycles. The first-order chi connectivity index (χ1) is 10.1. The number of hydrogen-bond acceptors (Lipinski definition) is 5. The van der Waals surface area contributed by atoms with Gasteiger partial charge in [0.25, 0.3) is 0 Å². The summed E-state index contributed by atoms with van der Waals surface area (Å²) in [6.45, 7) is 5.08. The summed E-state index contributed by atoms with van der Waals surface area (Å²) >= 11 is 0. The predicted octanol–water partition coefficient (Wildman–Crippen LogP) is 2.93. The molecular formula is C15H15NO5. The van der Waals surface area contributed by atoms with Crippen molar-refractivity contribution in [1.82, 2.24) is 5.16 Å². The number of carboxylic acids is 1. The molecule has 1 aliphatic heterocycles. The minimum absolute atomic E-state index is 0.116. The molecule has 0 atom stereocenters. The third kappa shape index (κ3) is 2.33. The number of carbonyl (C=O) groups is 1. The summed E-state index contributed by atoms with van der Waals surface area (Å²) in [5.74, 6) is 0.852. The molecule has 6 nitrogen and oxygen atoms in total. The highest BCUT2D eigenvalue weighted by Crippen LogP contribution is 2.43. The van der Waals surface area contributed by atoms with Crippen molar-refractivity contribution >= 4 is 5.97 Å². The van der Waals surface area contributed by atoms with Gasteiger partial charge in [-0.1, -0.05) is 19.0 Å². The summed E-state index contributed by atoms with van der Waals surface area (Å²) in [6.07, 6.45) is 0. The molecule has 0 saturated heterocycles. The predicted molar refractivity (Wildman–Crippen MR) is 74.0 cm³/mol. The van der Waals surface area contributed by atoms with Crippen LogP contribution in [0.4, 0.5) is 0 Å². The van der Waals surface area contributed by atoms with Gasteiger partial charge in [0.15, 0.2) is 23.0 Å². The van der Waals surface area contributed by atoms with Crippen molar-refractivity contribution in [2.45, 2.75) is 19.8 Å². The molecule has 0 saturated carbocycles. The largest absolute Gasteiger partial charge is 0.486 e. The zero-order valence-electron chi connectivity index (χ0n) is 11.8. The molecule has 0 unspecified atom stereocenters. The van der Waals surface area contributed by atoms with Crippen LogP contribution in [0.25, 0.3) is 11.3 Å². The molecule has 2 aromatic rings. The normalized spacial score (nSPS) is 13.5. The van der Waals surface area contributed by atoms with Crippen LogP contribution < -0.4 is 9.47 Å². The Balaban J connectivity index is 2.15. The topological polar surface area (TPSA) is 81.8 Å². The van der Waals surface area contributed by atoms with Gasteiger partial charge in [-0.2, -0.15) is 0 Å². The Bertz CT molecular complexity index is 689. The lowest BCUT2D eigenvalue weighted by molar-refractivity contribution is 0.0686. The molecule has 6 heteroatoms. The lowest BCUT2D eigenvalue weighted by atomic mass is 9.93. The molecule has 0 aliphatic carbocycles. The summed E-state index contributed by atoms with van der Waals surface area (Å²) in [4.78, 5) is 10.9. The Morgan fingerprint density at radius 2 is 2.05 bits per heavy atom. The summed E-state index contributed by atoms with van der Waals surface area (Å²) in [6, 6.07) is 5.06. The zero-order valence-corrected chi connectivity index (χ0v) is 11.8. The van der Waals surface area contributed by atoms with Gasteiger partial charge >= 0.3 is 5.97 Å². The molecule has 0 fully saturated rings. The zero-order chi connectivity index (χ0) is 15.0. The van der Waals surface area contributed by atoms with Gasteiger partial charge in [0.2, 0.25) is 0 Å². The lowest BCUT2D eigenvalue weighted by Crippen LogP contribution is -2.17. The average Bonchev–Trinajstić information content (AvgIpc) is 2.95. The van der Waals surface area contributed by atoms with E-state index in [-0.39, 0.29) is 11.6 Å². The van der Waals surface area contributed by atoms with E-state index in [9.17, 15) is 4.79 Å². The number of aromatic nitrogens is 1. The fraction of sp³-hybridized carbons (Fsp3) is 0.333. The maximum absolute atomic E-state index is 10.9. The first-order valence-electron chi connectivity index (χ1n) is 6.71. The van der Waals surface area contributed by atoms with Crippen molar-refractivity contribution in [3.05, 3.63) is 29.5 Å². The third-order valence-electron chi connectivity index (χ3n) is 3.32. The maximum atomic E-state index is 10.9. The van der Waals surface area contributed by atoms with E-state index < -0.39 is 5.97 Å². The van der Waals surface area contributed by atoms with E-state index >= 15 is 0 Å². The van der Waals surface area contributed by atoms with Crippen molar-refractivity contribution in [2.24, 2.45) is 0 Å². The van der Waals surface area contributed by atoms with Crippen molar-refractivity contribution < 1.29 is 23.9 Å². The van der Waals surface area contributed by atoms with Crippen molar-refractivity contribution in [2.75, 3.05) is 13.2 Å². The van der Waals surface area contributed by atoms with Crippen LogP contribution in [0.3, 0.4) is 0 Å². The van der Waals surface area contributed by atoms with E-state index in [2.05, 4.69) is 5.16 Å². The monoisotopic (exact) mass is 289 g/mol. The van der Waals surface area contributed by atoms with Gasteiger partial charge in [-0.05, 0) is 18.1 Å².